The zero-order chi connectivity index (χ0) is 12.3. The number of carbonyl (C=O) groups excluding carboxylic acids is 1. The van der Waals surface area contributed by atoms with E-state index in [4.69, 9.17) is 16.3 Å². The fraction of sp³-hybridized carbons (Fsp3) is 0.417. The zero-order valence-electron chi connectivity index (χ0n) is 9.28. The first-order valence-corrected chi connectivity index (χ1v) is 5.92. The number of ether oxygens (including phenoxy) is 1. The van der Waals surface area contributed by atoms with Crippen molar-refractivity contribution in [1.29, 1.82) is 0 Å². The number of phenolic OH excluding ortho intramolecular Hbond substituents is 1. The van der Waals surface area contributed by atoms with Crippen LogP contribution in [0.25, 0.3) is 0 Å². The van der Waals surface area contributed by atoms with Gasteiger partial charge < -0.3 is 15.2 Å². The van der Waals surface area contributed by atoms with E-state index in [0.717, 1.165) is 12.8 Å². The lowest BCUT2D eigenvalue weighted by Crippen LogP contribution is -2.38. The molecule has 2 rings (SSSR count). The molecule has 17 heavy (non-hydrogen) atoms. The van der Waals surface area contributed by atoms with Crippen molar-refractivity contribution in [2.45, 2.75) is 18.9 Å². The van der Waals surface area contributed by atoms with Crippen LogP contribution in [0.1, 0.15) is 23.2 Å². The molecule has 1 aromatic carbocycles. The van der Waals surface area contributed by atoms with E-state index in [1.54, 1.807) is 6.07 Å². The van der Waals surface area contributed by atoms with Crippen LogP contribution in [-0.2, 0) is 4.74 Å². The summed E-state index contributed by atoms with van der Waals surface area (Å²) >= 11 is 5.75. The number of hydrogen-bond acceptors (Lipinski definition) is 3. The van der Waals surface area contributed by atoms with E-state index >= 15 is 0 Å². The van der Waals surface area contributed by atoms with Crippen molar-refractivity contribution in [3.63, 3.8) is 0 Å². The van der Waals surface area contributed by atoms with Gasteiger partial charge in [-0.1, -0.05) is 11.6 Å². The van der Waals surface area contributed by atoms with Gasteiger partial charge in [0.15, 0.2) is 0 Å². The van der Waals surface area contributed by atoms with Crippen molar-refractivity contribution in [3.05, 3.63) is 28.8 Å². The van der Waals surface area contributed by atoms with Crippen LogP contribution in [-0.4, -0.2) is 30.3 Å². The average Bonchev–Trinajstić information content (AvgIpc) is 2.34. The number of phenols is 1. The number of carbonyl (C=O) groups is 1. The second kappa shape index (κ2) is 5.38. The van der Waals surface area contributed by atoms with Crippen LogP contribution in [0, 0.1) is 0 Å². The minimum atomic E-state index is -0.168. The molecule has 1 aromatic rings. The minimum Gasteiger partial charge on any atom is -0.506 e. The summed E-state index contributed by atoms with van der Waals surface area (Å²) in [5, 5.41) is 12.4. The van der Waals surface area contributed by atoms with E-state index < -0.39 is 0 Å². The highest BCUT2D eigenvalue weighted by molar-refractivity contribution is 6.32. The van der Waals surface area contributed by atoms with Gasteiger partial charge >= 0.3 is 0 Å². The molecule has 1 fully saturated rings. The highest BCUT2D eigenvalue weighted by Crippen LogP contribution is 2.23. The summed E-state index contributed by atoms with van der Waals surface area (Å²) in [5.74, 6) is -0.187. The molecule has 0 spiro atoms. The van der Waals surface area contributed by atoms with E-state index in [9.17, 15) is 9.90 Å². The number of nitrogens with one attached hydrogen (secondary N) is 1. The number of benzene rings is 1. The summed E-state index contributed by atoms with van der Waals surface area (Å²) < 4.78 is 5.22. The second-order valence-corrected chi connectivity index (χ2v) is 4.43. The summed E-state index contributed by atoms with van der Waals surface area (Å²) in [7, 11) is 0. The summed E-state index contributed by atoms with van der Waals surface area (Å²) in [6, 6.07) is 4.59. The molecular formula is C12H14ClNO3. The number of hydrogen-bond donors (Lipinski definition) is 2. The Labute approximate surface area is 105 Å². The van der Waals surface area contributed by atoms with Crippen LogP contribution < -0.4 is 5.32 Å². The van der Waals surface area contributed by atoms with Crippen molar-refractivity contribution < 1.29 is 14.6 Å². The van der Waals surface area contributed by atoms with Gasteiger partial charge in [0, 0.05) is 24.8 Å². The van der Waals surface area contributed by atoms with Gasteiger partial charge in [0.1, 0.15) is 5.75 Å². The van der Waals surface area contributed by atoms with Crippen molar-refractivity contribution in [1.82, 2.24) is 5.32 Å². The molecule has 1 aliphatic heterocycles. The van der Waals surface area contributed by atoms with Gasteiger partial charge in [-0.3, -0.25) is 4.79 Å². The molecule has 2 N–H and O–H groups in total. The summed E-state index contributed by atoms with van der Waals surface area (Å²) in [6.07, 6.45) is 1.66. The summed E-state index contributed by atoms with van der Waals surface area (Å²) in [5.41, 5.74) is 0.458. The third-order valence-electron chi connectivity index (χ3n) is 2.77. The maximum atomic E-state index is 11.9. The Kier molecular flexibility index (Phi) is 3.86. The summed E-state index contributed by atoms with van der Waals surface area (Å²) in [4.78, 5) is 11.9. The molecule has 0 radical (unpaired) electrons. The first-order chi connectivity index (χ1) is 8.16. The Morgan fingerprint density at radius 2 is 2.12 bits per heavy atom. The van der Waals surface area contributed by atoms with Gasteiger partial charge in [-0.25, -0.2) is 0 Å². The largest absolute Gasteiger partial charge is 0.506 e. The summed E-state index contributed by atoms with van der Waals surface area (Å²) in [6.45, 7) is 1.36. The van der Waals surface area contributed by atoms with Crippen LogP contribution in [0.5, 0.6) is 5.75 Å². The number of aromatic hydroxyl groups is 1. The second-order valence-electron chi connectivity index (χ2n) is 4.03. The van der Waals surface area contributed by atoms with Gasteiger partial charge in [-0.15, -0.1) is 0 Å². The molecule has 0 aromatic heterocycles. The topological polar surface area (TPSA) is 58.6 Å². The predicted octanol–water partition coefficient (Wildman–Crippen LogP) is 1.95. The zero-order valence-corrected chi connectivity index (χ0v) is 10.0. The molecule has 0 saturated carbocycles. The van der Waals surface area contributed by atoms with Crippen LogP contribution >= 0.6 is 11.6 Å². The Morgan fingerprint density at radius 1 is 1.41 bits per heavy atom. The SMILES string of the molecule is O=C(NC1CCOCC1)c1ccc(O)c(Cl)c1. The van der Waals surface area contributed by atoms with Gasteiger partial charge in [-0.2, -0.15) is 0 Å². The Bertz CT molecular complexity index is 416. The number of amides is 1. The third kappa shape index (κ3) is 3.11. The van der Waals surface area contributed by atoms with Crippen LogP contribution in [0.3, 0.4) is 0 Å². The maximum Gasteiger partial charge on any atom is 0.251 e. The van der Waals surface area contributed by atoms with Gasteiger partial charge in [0.05, 0.1) is 5.02 Å². The lowest BCUT2D eigenvalue weighted by Gasteiger charge is -2.23. The molecule has 0 unspecified atom stereocenters. The molecule has 1 aliphatic rings. The standard InChI is InChI=1S/C12H14ClNO3/c13-10-7-8(1-2-11(10)15)12(16)14-9-3-5-17-6-4-9/h1-2,7,9,15H,3-6H2,(H,14,16). The Hall–Kier alpha value is -1.26. The maximum absolute atomic E-state index is 11.9. The molecule has 1 heterocycles. The third-order valence-corrected chi connectivity index (χ3v) is 3.07. The quantitative estimate of drug-likeness (QED) is 0.849. The molecular weight excluding hydrogens is 242 g/mol. The molecule has 0 atom stereocenters. The Balaban J connectivity index is 2.01. The van der Waals surface area contributed by atoms with E-state index in [1.165, 1.54) is 12.1 Å². The van der Waals surface area contributed by atoms with E-state index in [-0.39, 0.29) is 22.7 Å². The monoisotopic (exact) mass is 255 g/mol. The highest BCUT2D eigenvalue weighted by atomic mass is 35.5. The minimum absolute atomic E-state index is 0.0192. The molecule has 1 amide bonds. The van der Waals surface area contributed by atoms with Crippen molar-refractivity contribution in [3.8, 4) is 5.75 Å². The molecule has 92 valence electrons. The normalized spacial score (nSPS) is 16.8. The molecule has 1 saturated heterocycles. The Morgan fingerprint density at radius 3 is 2.76 bits per heavy atom. The van der Waals surface area contributed by atoms with Gasteiger partial charge in [-0.05, 0) is 31.0 Å². The molecule has 0 bridgehead atoms. The first kappa shape index (κ1) is 12.2. The van der Waals surface area contributed by atoms with Crippen molar-refractivity contribution >= 4 is 17.5 Å². The van der Waals surface area contributed by atoms with E-state index in [1.807, 2.05) is 0 Å². The van der Waals surface area contributed by atoms with Crippen LogP contribution in [0.2, 0.25) is 5.02 Å². The lowest BCUT2D eigenvalue weighted by molar-refractivity contribution is 0.0696. The fourth-order valence-electron chi connectivity index (χ4n) is 1.76. The number of rotatable bonds is 2. The van der Waals surface area contributed by atoms with Crippen LogP contribution in [0.15, 0.2) is 18.2 Å². The fourth-order valence-corrected chi connectivity index (χ4v) is 1.94. The average molecular weight is 256 g/mol. The van der Waals surface area contributed by atoms with Gasteiger partial charge in [0.2, 0.25) is 0 Å². The van der Waals surface area contributed by atoms with Crippen LogP contribution in [0.4, 0.5) is 0 Å². The smallest absolute Gasteiger partial charge is 0.251 e. The predicted molar refractivity (Wildman–Crippen MR) is 64.4 cm³/mol. The van der Waals surface area contributed by atoms with Crippen molar-refractivity contribution in [2.24, 2.45) is 0 Å². The van der Waals surface area contributed by atoms with E-state index in [0.29, 0.717) is 18.8 Å². The lowest BCUT2D eigenvalue weighted by atomic mass is 10.1. The highest BCUT2D eigenvalue weighted by Gasteiger charge is 2.17. The van der Waals surface area contributed by atoms with E-state index in [2.05, 4.69) is 5.32 Å². The molecule has 5 heteroatoms. The number of halogens is 1. The first-order valence-electron chi connectivity index (χ1n) is 5.54. The molecule has 0 aliphatic carbocycles. The molecule has 4 nitrogen and oxygen atoms in total. The van der Waals surface area contributed by atoms with Gasteiger partial charge in [0.25, 0.3) is 5.91 Å². The van der Waals surface area contributed by atoms with Crippen molar-refractivity contribution in [2.75, 3.05) is 13.2 Å².